The summed E-state index contributed by atoms with van der Waals surface area (Å²) in [6, 6.07) is 26.2. The molecule has 15 nitrogen and oxygen atoms in total. The van der Waals surface area contributed by atoms with Crippen LogP contribution in [-0.4, -0.2) is 122 Å². The van der Waals surface area contributed by atoms with Crippen molar-refractivity contribution in [1.29, 1.82) is 0 Å². The van der Waals surface area contributed by atoms with Gasteiger partial charge < -0.3 is 57.3 Å². The number of rotatable bonds is 21. The van der Waals surface area contributed by atoms with Gasteiger partial charge in [0.25, 0.3) is 0 Å². The minimum absolute atomic E-state index is 0.0339. The second kappa shape index (κ2) is 24.0. The standard InChI is InChI=1S/C57H83NO14Si/c1-38-51(41-20-16-13-17-21-41)66-53(61)58(38)52(60)50-46(59)35-57(62,71-48(50)29-31-65-37-40-22-24-42(63-9)25-23-40)34-45-33-49(70-56(7,8)69-45)47(72-73(10,11)54(2,3)4)27-26-43-32-44(68-55(5,6)67-43)28-30-64-36-39-18-14-12-15-19-39/h12-25,38,43-51,59,62H,26-37H2,1-11H3/t38-,43+,44-,45-,46-,47+,48-,49+,50+,51-,57+/m0/s1. The fraction of sp³-hybridized carbons (Fsp3) is 0.649. The van der Waals surface area contributed by atoms with E-state index in [1.807, 2.05) is 100 Å². The highest BCUT2D eigenvalue weighted by molar-refractivity contribution is 6.74. The Labute approximate surface area is 434 Å². The fourth-order valence-electron chi connectivity index (χ4n) is 10.6. The third kappa shape index (κ3) is 15.2. The van der Waals surface area contributed by atoms with E-state index in [0.717, 1.165) is 33.8 Å². The van der Waals surface area contributed by atoms with E-state index >= 15 is 0 Å². The molecule has 4 fully saturated rings. The van der Waals surface area contributed by atoms with Crippen LogP contribution >= 0.6 is 0 Å². The summed E-state index contributed by atoms with van der Waals surface area (Å²) in [5, 5.41) is 24.5. The number of benzene rings is 3. The molecule has 11 atom stereocenters. The third-order valence-electron chi connectivity index (χ3n) is 15.1. The van der Waals surface area contributed by atoms with Crippen molar-refractivity contribution >= 4 is 20.3 Å². The number of ether oxygens (including phenoxy) is 9. The molecule has 3 aromatic rings. The molecule has 0 unspecified atom stereocenters. The lowest BCUT2D eigenvalue weighted by Crippen LogP contribution is -2.60. The van der Waals surface area contributed by atoms with E-state index in [2.05, 4.69) is 46.0 Å². The van der Waals surface area contributed by atoms with E-state index in [0.29, 0.717) is 38.9 Å². The van der Waals surface area contributed by atoms with E-state index in [1.54, 1.807) is 14.0 Å². The van der Waals surface area contributed by atoms with Gasteiger partial charge in [0, 0.05) is 38.9 Å². The van der Waals surface area contributed by atoms with Crippen molar-refractivity contribution in [3.8, 4) is 5.75 Å². The molecular weight excluding hydrogens is 951 g/mol. The van der Waals surface area contributed by atoms with Crippen LogP contribution in [0, 0.1) is 5.92 Å². The van der Waals surface area contributed by atoms with Crippen molar-refractivity contribution in [3.63, 3.8) is 0 Å². The molecule has 4 aliphatic heterocycles. The number of carbonyl (C=O) groups is 2. The van der Waals surface area contributed by atoms with Crippen LogP contribution in [0.1, 0.15) is 130 Å². The zero-order chi connectivity index (χ0) is 52.8. The summed E-state index contributed by atoms with van der Waals surface area (Å²) in [5.41, 5.74) is 2.79. The first-order valence-electron chi connectivity index (χ1n) is 26.3. The van der Waals surface area contributed by atoms with Crippen molar-refractivity contribution in [3.05, 3.63) is 102 Å². The van der Waals surface area contributed by atoms with E-state index in [-0.39, 0.29) is 55.8 Å². The predicted octanol–water partition coefficient (Wildman–Crippen LogP) is 10.2. The van der Waals surface area contributed by atoms with Crippen molar-refractivity contribution in [1.82, 2.24) is 4.90 Å². The average molecular weight is 1030 g/mol. The zero-order valence-corrected chi connectivity index (χ0v) is 46.1. The van der Waals surface area contributed by atoms with E-state index < -0.39 is 80.2 Å². The molecule has 2 N–H and O–H groups in total. The molecule has 4 heterocycles. The lowest BCUT2D eigenvalue weighted by molar-refractivity contribution is -0.342. The minimum atomic E-state index is -2.38. The molecule has 4 saturated heterocycles. The number of imide groups is 1. The Hall–Kier alpha value is -3.78. The molecular formula is C57H83NO14Si. The third-order valence-corrected chi connectivity index (χ3v) is 19.6. The molecule has 16 heteroatoms. The molecule has 3 aromatic carbocycles. The highest BCUT2D eigenvalue weighted by Gasteiger charge is 2.55. The number of hydrogen-bond donors (Lipinski definition) is 2. The highest BCUT2D eigenvalue weighted by Crippen LogP contribution is 2.45. The Morgan fingerprint density at radius 2 is 1.36 bits per heavy atom. The molecule has 0 spiro atoms. The van der Waals surface area contributed by atoms with Crippen molar-refractivity contribution < 1.29 is 66.9 Å². The summed E-state index contributed by atoms with van der Waals surface area (Å²) >= 11 is 0. The van der Waals surface area contributed by atoms with Crippen LogP contribution in [0.3, 0.4) is 0 Å². The molecule has 2 amide bonds. The molecule has 404 valence electrons. The van der Waals surface area contributed by atoms with Crippen LogP contribution in [0.15, 0.2) is 84.9 Å². The monoisotopic (exact) mass is 1030 g/mol. The number of methoxy groups -OCH3 is 1. The zero-order valence-electron chi connectivity index (χ0n) is 45.1. The Morgan fingerprint density at radius 3 is 1.99 bits per heavy atom. The van der Waals surface area contributed by atoms with Crippen LogP contribution < -0.4 is 4.74 Å². The summed E-state index contributed by atoms with van der Waals surface area (Å²) in [5.74, 6) is -4.92. The van der Waals surface area contributed by atoms with Gasteiger partial charge in [-0.3, -0.25) is 4.79 Å². The summed E-state index contributed by atoms with van der Waals surface area (Å²) in [6.07, 6.45) is -2.53. The van der Waals surface area contributed by atoms with Crippen molar-refractivity contribution in [2.75, 3.05) is 20.3 Å². The molecule has 0 aliphatic carbocycles. The van der Waals surface area contributed by atoms with Crippen LogP contribution in [0.4, 0.5) is 4.79 Å². The Bertz CT molecular complexity index is 2220. The fourth-order valence-corrected chi connectivity index (χ4v) is 11.9. The lowest BCUT2D eigenvalue weighted by Gasteiger charge is -2.50. The van der Waals surface area contributed by atoms with Crippen LogP contribution in [0.2, 0.25) is 18.1 Å². The van der Waals surface area contributed by atoms with E-state index in [4.69, 9.17) is 47.1 Å². The largest absolute Gasteiger partial charge is 0.497 e. The molecule has 73 heavy (non-hydrogen) atoms. The second-order valence-corrected chi connectivity index (χ2v) is 27.7. The van der Waals surface area contributed by atoms with Gasteiger partial charge in [0.1, 0.15) is 11.9 Å². The van der Waals surface area contributed by atoms with Gasteiger partial charge in [-0.1, -0.05) is 93.6 Å². The number of aliphatic hydroxyl groups is 2. The number of hydrogen-bond acceptors (Lipinski definition) is 14. The van der Waals surface area contributed by atoms with Crippen LogP contribution in [-0.2, 0) is 60.3 Å². The molecule has 0 aromatic heterocycles. The lowest BCUT2D eigenvalue weighted by atomic mass is 9.82. The first-order valence-corrected chi connectivity index (χ1v) is 29.2. The first-order chi connectivity index (χ1) is 34.4. The number of carbonyl (C=O) groups excluding carboxylic acids is 2. The SMILES string of the molecule is COc1ccc(COCC[C@@H]2O[C@](O)(C[C@@H]3C[C@H]([C@@H](CC[C@@H]4C[C@H](CCOCc5ccccc5)OC(C)(C)O4)O[Si](C)(C)C(C)(C)C)OC(C)(C)O3)C[C@H](O)[C@H]2C(=O)N2C(=O)O[C@H](c3ccccc3)[C@@H]2C)cc1. The number of nitrogens with zero attached hydrogens (tertiary/aromatic N) is 1. The molecule has 4 aliphatic rings. The van der Waals surface area contributed by atoms with Gasteiger partial charge in [-0.15, -0.1) is 0 Å². The molecule has 0 bridgehead atoms. The molecule has 0 saturated carbocycles. The normalized spacial score (nSPS) is 29.9. The van der Waals surface area contributed by atoms with Gasteiger partial charge in [0.2, 0.25) is 5.91 Å². The van der Waals surface area contributed by atoms with E-state index in [1.165, 1.54) is 0 Å². The Morgan fingerprint density at radius 1 is 0.781 bits per heavy atom. The maximum Gasteiger partial charge on any atom is 0.417 e. The summed E-state index contributed by atoms with van der Waals surface area (Å²) < 4.78 is 63.4. The number of amides is 2. The number of aliphatic hydroxyl groups excluding tert-OH is 1. The highest BCUT2D eigenvalue weighted by atomic mass is 28.4. The van der Waals surface area contributed by atoms with Gasteiger partial charge in [0.05, 0.1) is 75.0 Å². The Balaban J connectivity index is 1.06. The van der Waals surface area contributed by atoms with Crippen molar-refractivity contribution in [2.24, 2.45) is 5.92 Å². The average Bonchev–Trinajstić information content (AvgIpc) is 3.62. The smallest absolute Gasteiger partial charge is 0.417 e. The predicted molar refractivity (Wildman–Crippen MR) is 277 cm³/mol. The molecule has 7 rings (SSSR count). The summed E-state index contributed by atoms with van der Waals surface area (Å²) in [7, 11) is -0.770. The van der Waals surface area contributed by atoms with Gasteiger partial charge in [-0.25, -0.2) is 9.69 Å². The quantitative estimate of drug-likeness (QED) is 0.0763. The van der Waals surface area contributed by atoms with Gasteiger partial charge in [-0.2, -0.15) is 0 Å². The topological polar surface area (TPSA) is 170 Å². The Kier molecular flexibility index (Phi) is 18.8. The van der Waals surface area contributed by atoms with Gasteiger partial charge >= 0.3 is 6.09 Å². The number of cyclic esters (lactones) is 1. The maximum absolute atomic E-state index is 14.6. The summed E-state index contributed by atoms with van der Waals surface area (Å²) in [4.78, 5) is 29.2. The van der Waals surface area contributed by atoms with Gasteiger partial charge in [0.15, 0.2) is 25.7 Å². The van der Waals surface area contributed by atoms with Crippen LogP contribution in [0.5, 0.6) is 5.75 Å². The second-order valence-electron chi connectivity index (χ2n) is 22.9. The van der Waals surface area contributed by atoms with Crippen LogP contribution in [0.25, 0.3) is 0 Å². The molecule has 0 radical (unpaired) electrons. The first kappa shape index (κ1) is 56.9. The minimum Gasteiger partial charge on any atom is -0.497 e. The van der Waals surface area contributed by atoms with Gasteiger partial charge in [-0.05, 0) is 107 Å². The van der Waals surface area contributed by atoms with Crippen molar-refractivity contribution in [2.45, 2.75) is 210 Å². The summed E-state index contributed by atoms with van der Waals surface area (Å²) in [6.45, 7) is 22.0. The van der Waals surface area contributed by atoms with E-state index in [9.17, 15) is 19.8 Å². The maximum atomic E-state index is 14.6.